The Balaban J connectivity index is 1.05. The van der Waals surface area contributed by atoms with Crippen LogP contribution in [-0.2, 0) is 0 Å². The quantitative estimate of drug-likeness (QED) is 0.145. The lowest BCUT2D eigenvalue weighted by atomic mass is 9.94. The number of thiophene rings is 1. The second-order valence-corrected chi connectivity index (χ2v) is 17.9. The molecule has 2 aromatic heterocycles. The topological polar surface area (TPSA) is 8.17 Å². The van der Waals surface area contributed by atoms with Gasteiger partial charge in [-0.25, -0.2) is 0 Å². The van der Waals surface area contributed by atoms with Crippen molar-refractivity contribution in [2.75, 3.05) is 4.90 Å². The predicted octanol–water partition coefficient (Wildman–Crippen LogP) is 17.9. The lowest BCUT2D eigenvalue weighted by Crippen LogP contribution is -2.10. The fourth-order valence-electron chi connectivity index (χ4n) is 10.2. The maximum Gasteiger partial charge on any atom is 0.0541 e. The van der Waals surface area contributed by atoms with E-state index in [1.807, 2.05) is 11.3 Å². The van der Waals surface area contributed by atoms with Gasteiger partial charge in [0.2, 0.25) is 0 Å². The number of benzene rings is 11. The van der Waals surface area contributed by atoms with Crippen LogP contribution in [0.2, 0.25) is 0 Å². The minimum absolute atomic E-state index is 1.09. The number of anilines is 3. The van der Waals surface area contributed by atoms with Gasteiger partial charge in [-0.1, -0.05) is 176 Å². The first-order chi connectivity index (χ1) is 32.2. The van der Waals surface area contributed by atoms with Gasteiger partial charge < -0.3 is 9.47 Å². The van der Waals surface area contributed by atoms with Crippen molar-refractivity contribution < 1.29 is 0 Å². The second kappa shape index (κ2) is 15.2. The van der Waals surface area contributed by atoms with Crippen LogP contribution in [0.4, 0.5) is 17.1 Å². The fraction of sp³-hybridized carbons (Fsp3) is 0. The molecule has 11 aromatic carbocycles. The molecule has 0 aliphatic heterocycles. The average molecular weight is 845 g/mol. The van der Waals surface area contributed by atoms with Crippen LogP contribution in [0.15, 0.2) is 243 Å². The monoisotopic (exact) mass is 844 g/mol. The first kappa shape index (κ1) is 37.3. The van der Waals surface area contributed by atoms with Crippen molar-refractivity contribution in [3.8, 4) is 39.1 Å². The van der Waals surface area contributed by atoms with Gasteiger partial charge in [-0.2, -0.15) is 0 Å². The number of para-hydroxylation sites is 2. The first-order valence-electron chi connectivity index (χ1n) is 22.2. The molecular weight excluding hydrogens is 805 g/mol. The van der Waals surface area contributed by atoms with Crippen molar-refractivity contribution >= 4 is 91.9 Å². The molecule has 13 aromatic rings. The molecule has 0 fully saturated rings. The summed E-state index contributed by atoms with van der Waals surface area (Å²) in [6, 6.07) is 89.1. The van der Waals surface area contributed by atoms with Crippen molar-refractivity contribution in [1.82, 2.24) is 4.57 Å². The van der Waals surface area contributed by atoms with Crippen LogP contribution >= 0.6 is 11.3 Å². The SMILES string of the molecule is c1ccc(-c2cccc(N(c3cccc(-c4cccc5c4ccc4ccccc45)c3)c3cc(-c4cccc(-n5c6ccccc6c6ccccc65)c4)c4sc5ccccc5c4c3)c2)cc1. The van der Waals surface area contributed by atoms with Gasteiger partial charge >= 0.3 is 0 Å². The average Bonchev–Trinajstić information content (AvgIpc) is 3.92. The standard InChI is InChI=1S/C62H40N2S/c1-2-16-41(17-3-1)43-19-12-22-46(36-43)63(47-23-13-20-44(37-47)51-29-15-30-52-50-25-5-4-18-42(50)34-35-53(51)52)49-39-57(62-58(40-49)56-28-8-11-33-61(56)65-62)45-21-14-24-48(38-45)64-59-31-9-6-26-54(59)55-27-7-10-32-60(55)64/h1-40H. The first-order valence-corrected chi connectivity index (χ1v) is 23.1. The van der Waals surface area contributed by atoms with E-state index in [4.69, 9.17) is 0 Å². The third kappa shape index (κ3) is 6.24. The molecule has 13 rings (SSSR count). The summed E-state index contributed by atoms with van der Waals surface area (Å²) >= 11 is 1.88. The molecule has 0 unspecified atom stereocenters. The molecule has 0 saturated heterocycles. The summed E-state index contributed by atoms with van der Waals surface area (Å²) in [5, 5.41) is 10.1. The predicted molar refractivity (Wildman–Crippen MR) is 280 cm³/mol. The number of hydrogen-bond acceptors (Lipinski definition) is 2. The highest BCUT2D eigenvalue weighted by Gasteiger charge is 2.21. The molecule has 0 bridgehead atoms. The van der Waals surface area contributed by atoms with Crippen LogP contribution in [0.25, 0.3) is 103 Å². The van der Waals surface area contributed by atoms with Gasteiger partial charge in [-0.3, -0.25) is 0 Å². The van der Waals surface area contributed by atoms with E-state index < -0.39 is 0 Å². The zero-order valence-electron chi connectivity index (χ0n) is 35.4. The van der Waals surface area contributed by atoms with Crippen molar-refractivity contribution in [3.63, 3.8) is 0 Å². The Hall–Kier alpha value is -8.24. The van der Waals surface area contributed by atoms with Gasteiger partial charge in [0.05, 0.1) is 11.0 Å². The molecule has 0 radical (unpaired) electrons. The van der Waals surface area contributed by atoms with Crippen molar-refractivity contribution in [1.29, 1.82) is 0 Å². The largest absolute Gasteiger partial charge is 0.310 e. The van der Waals surface area contributed by atoms with Gasteiger partial charge in [0.1, 0.15) is 0 Å². The highest BCUT2D eigenvalue weighted by atomic mass is 32.1. The Morgan fingerprint density at radius 1 is 0.308 bits per heavy atom. The van der Waals surface area contributed by atoms with Crippen molar-refractivity contribution in [2.24, 2.45) is 0 Å². The zero-order chi connectivity index (χ0) is 42.8. The van der Waals surface area contributed by atoms with Crippen molar-refractivity contribution in [3.05, 3.63) is 243 Å². The molecular formula is C62H40N2S. The number of hydrogen-bond donors (Lipinski definition) is 0. The molecule has 0 spiro atoms. The van der Waals surface area contributed by atoms with E-state index in [9.17, 15) is 0 Å². The third-order valence-corrected chi connectivity index (χ3v) is 14.3. The summed E-state index contributed by atoms with van der Waals surface area (Å²) in [5.74, 6) is 0. The number of nitrogens with zero attached hydrogens (tertiary/aromatic N) is 2. The Morgan fingerprint density at radius 3 is 1.68 bits per heavy atom. The summed E-state index contributed by atoms with van der Waals surface area (Å²) < 4.78 is 4.98. The highest BCUT2D eigenvalue weighted by Crippen LogP contribution is 2.47. The minimum atomic E-state index is 1.09. The Bertz CT molecular complexity index is 3920. The summed E-state index contributed by atoms with van der Waals surface area (Å²) in [6.07, 6.45) is 0. The van der Waals surface area contributed by atoms with Crippen LogP contribution in [-0.4, -0.2) is 4.57 Å². The second-order valence-electron chi connectivity index (χ2n) is 16.9. The summed E-state index contributed by atoms with van der Waals surface area (Å²) in [5.41, 5.74) is 14.0. The van der Waals surface area contributed by atoms with Gasteiger partial charge in [-0.15, -0.1) is 11.3 Å². The van der Waals surface area contributed by atoms with E-state index in [-0.39, 0.29) is 0 Å². The Labute approximate surface area is 381 Å². The molecule has 0 aliphatic rings. The van der Waals surface area contributed by atoms with Crippen LogP contribution in [0.1, 0.15) is 0 Å². The molecule has 304 valence electrons. The lowest BCUT2D eigenvalue weighted by molar-refractivity contribution is 1.18. The molecule has 2 heterocycles. The van der Waals surface area contributed by atoms with Gasteiger partial charge in [0.15, 0.2) is 0 Å². The summed E-state index contributed by atoms with van der Waals surface area (Å²) in [4.78, 5) is 2.46. The van der Waals surface area contributed by atoms with E-state index in [0.717, 1.165) is 22.7 Å². The van der Waals surface area contributed by atoms with Crippen LogP contribution in [0.5, 0.6) is 0 Å². The molecule has 3 heteroatoms. The maximum absolute atomic E-state index is 2.46. The zero-order valence-corrected chi connectivity index (χ0v) is 36.2. The summed E-state index contributed by atoms with van der Waals surface area (Å²) in [7, 11) is 0. The van der Waals surface area contributed by atoms with E-state index in [0.29, 0.717) is 0 Å². The number of fused-ring (bicyclic) bond motifs is 9. The summed E-state index contributed by atoms with van der Waals surface area (Å²) in [6.45, 7) is 0. The van der Waals surface area contributed by atoms with Gasteiger partial charge in [0.25, 0.3) is 0 Å². The van der Waals surface area contributed by atoms with Gasteiger partial charge in [-0.05, 0) is 116 Å². The highest BCUT2D eigenvalue weighted by molar-refractivity contribution is 7.26. The minimum Gasteiger partial charge on any atom is -0.310 e. The maximum atomic E-state index is 2.46. The molecule has 0 amide bonds. The van der Waals surface area contributed by atoms with E-state index in [1.165, 1.54) is 96.9 Å². The normalized spacial score (nSPS) is 11.7. The molecule has 65 heavy (non-hydrogen) atoms. The van der Waals surface area contributed by atoms with Crippen molar-refractivity contribution in [2.45, 2.75) is 0 Å². The van der Waals surface area contributed by atoms with Crippen LogP contribution in [0.3, 0.4) is 0 Å². The molecule has 0 atom stereocenters. The van der Waals surface area contributed by atoms with E-state index in [2.05, 4.69) is 252 Å². The third-order valence-electron chi connectivity index (χ3n) is 13.1. The Kier molecular flexibility index (Phi) is 8.75. The van der Waals surface area contributed by atoms with E-state index in [1.54, 1.807) is 0 Å². The van der Waals surface area contributed by atoms with Crippen LogP contribution < -0.4 is 4.90 Å². The lowest BCUT2D eigenvalue weighted by Gasteiger charge is -2.27. The Morgan fingerprint density at radius 2 is 0.892 bits per heavy atom. The molecule has 0 aliphatic carbocycles. The molecule has 0 saturated carbocycles. The fourth-order valence-corrected chi connectivity index (χ4v) is 11.4. The van der Waals surface area contributed by atoms with Gasteiger partial charge in [0, 0.05) is 59.3 Å². The van der Waals surface area contributed by atoms with Crippen LogP contribution in [0, 0.1) is 0 Å². The molecule has 0 N–H and O–H groups in total. The number of rotatable bonds is 7. The smallest absolute Gasteiger partial charge is 0.0541 e. The van der Waals surface area contributed by atoms with E-state index >= 15 is 0 Å². The number of aromatic nitrogens is 1. The molecule has 2 nitrogen and oxygen atoms in total.